The minimum Gasteiger partial charge on any atom is -0.322 e. The summed E-state index contributed by atoms with van der Waals surface area (Å²) in [5, 5.41) is 2.40. The lowest BCUT2D eigenvalue weighted by atomic mass is 10.1. The van der Waals surface area contributed by atoms with Gasteiger partial charge in [-0.25, -0.2) is 4.39 Å². The molecular formula is C24H17FN2O3S. The van der Waals surface area contributed by atoms with E-state index in [9.17, 15) is 18.8 Å². The van der Waals surface area contributed by atoms with Crippen molar-refractivity contribution in [3.63, 3.8) is 0 Å². The minimum atomic E-state index is -0.426. The van der Waals surface area contributed by atoms with Crippen LogP contribution in [0.25, 0.3) is 6.08 Å². The van der Waals surface area contributed by atoms with Gasteiger partial charge in [0, 0.05) is 11.3 Å². The lowest BCUT2D eigenvalue weighted by Gasteiger charge is -2.12. The van der Waals surface area contributed by atoms with Crippen molar-refractivity contribution in [2.45, 2.75) is 6.54 Å². The summed E-state index contributed by atoms with van der Waals surface area (Å²) in [4.78, 5) is 38.6. The van der Waals surface area contributed by atoms with E-state index in [-0.39, 0.29) is 17.4 Å². The smallest absolute Gasteiger partial charge is 0.293 e. The largest absolute Gasteiger partial charge is 0.322 e. The Morgan fingerprint density at radius 1 is 0.968 bits per heavy atom. The normalized spacial score (nSPS) is 14.9. The zero-order valence-corrected chi connectivity index (χ0v) is 17.1. The predicted molar refractivity (Wildman–Crippen MR) is 119 cm³/mol. The number of thioether (sulfide) groups is 1. The number of carbonyl (C=O) groups excluding carboxylic acids is 3. The van der Waals surface area contributed by atoms with Gasteiger partial charge in [0.05, 0.1) is 11.4 Å². The minimum absolute atomic E-state index is 0.0123. The third kappa shape index (κ3) is 4.90. The van der Waals surface area contributed by atoms with Crippen LogP contribution in [0, 0.1) is 5.82 Å². The summed E-state index contributed by atoms with van der Waals surface area (Å²) < 4.78 is 13.4. The van der Waals surface area contributed by atoms with E-state index in [1.54, 1.807) is 48.5 Å². The van der Waals surface area contributed by atoms with Crippen LogP contribution in [0.2, 0.25) is 0 Å². The summed E-state index contributed by atoms with van der Waals surface area (Å²) in [5.74, 6) is -1.09. The van der Waals surface area contributed by atoms with Crippen molar-refractivity contribution in [1.29, 1.82) is 0 Å². The van der Waals surface area contributed by atoms with E-state index in [4.69, 9.17) is 0 Å². The molecule has 0 spiro atoms. The topological polar surface area (TPSA) is 66.5 Å². The molecule has 1 aliphatic heterocycles. The van der Waals surface area contributed by atoms with Gasteiger partial charge in [-0.2, -0.15) is 0 Å². The van der Waals surface area contributed by atoms with Gasteiger partial charge >= 0.3 is 0 Å². The number of nitrogens with zero attached hydrogens (tertiary/aromatic N) is 1. The molecule has 1 saturated heterocycles. The molecule has 4 rings (SSSR count). The highest BCUT2D eigenvalue weighted by atomic mass is 32.2. The van der Waals surface area contributed by atoms with Gasteiger partial charge in [0.1, 0.15) is 5.82 Å². The van der Waals surface area contributed by atoms with Crippen molar-refractivity contribution in [2.24, 2.45) is 0 Å². The molecule has 0 radical (unpaired) electrons. The summed E-state index contributed by atoms with van der Waals surface area (Å²) >= 11 is 0.838. The Morgan fingerprint density at radius 3 is 2.42 bits per heavy atom. The van der Waals surface area contributed by atoms with Gasteiger partial charge in [-0.1, -0.05) is 42.5 Å². The first-order valence-electron chi connectivity index (χ1n) is 9.46. The molecule has 1 heterocycles. The fourth-order valence-corrected chi connectivity index (χ4v) is 3.90. The molecule has 0 bridgehead atoms. The SMILES string of the molecule is O=C(Nc1ccccc1)c1ccc(/C=C2\SC(=O)N(Cc3cccc(F)c3)C2=O)cc1. The first kappa shape index (κ1) is 20.6. The second kappa shape index (κ2) is 8.97. The van der Waals surface area contributed by atoms with Crippen LogP contribution in [0.5, 0.6) is 0 Å². The molecular weight excluding hydrogens is 415 g/mol. The van der Waals surface area contributed by atoms with Crippen LogP contribution < -0.4 is 5.32 Å². The van der Waals surface area contributed by atoms with Gasteiger partial charge in [-0.3, -0.25) is 19.3 Å². The lowest BCUT2D eigenvalue weighted by Crippen LogP contribution is -2.27. The Labute approximate surface area is 182 Å². The second-order valence-corrected chi connectivity index (χ2v) is 7.83. The van der Waals surface area contributed by atoms with Gasteiger partial charge in [-0.05, 0) is 65.4 Å². The third-order valence-electron chi connectivity index (χ3n) is 4.61. The number of anilines is 1. The number of benzene rings is 3. The number of hydrogen-bond acceptors (Lipinski definition) is 4. The maximum atomic E-state index is 13.4. The van der Waals surface area contributed by atoms with Crippen LogP contribution >= 0.6 is 11.8 Å². The van der Waals surface area contributed by atoms with E-state index in [1.165, 1.54) is 18.2 Å². The Bertz CT molecular complexity index is 1180. The van der Waals surface area contributed by atoms with E-state index in [2.05, 4.69) is 5.32 Å². The van der Waals surface area contributed by atoms with Crippen LogP contribution in [0.15, 0.2) is 83.8 Å². The Kier molecular flexibility index (Phi) is 5.95. The molecule has 1 aliphatic rings. The Morgan fingerprint density at radius 2 is 1.71 bits per heavy atom. The third-order valence-corrected chi connectivity index (χ3v) is 5.51. The highest BCUT2D eigenvalue weighted by molar-refractivity contribution is 8.18. The molecule has 154 valence electrons. The van der Waals surface area contributed by atoms with Crippen LogP contribution in [-0.2, 0) is 11.3 Å². The molecule has 0 unspecified atom stereocenters. The molecule has 7 heteroatoms. The van der Waals surface area contributed by atoms with Crippen LogP contribution in [0.3, 0.4) is 0 Å². The summed E-state index contributed by atoms with van der Waals surface area (Å²) in [6, 6.07) is 21.7. The molecule has 0 saturated carbocycles. The first-order valence-corrected chi connectivity index (χ1v) is 10.3. The fraction of sp³-hybridized carbons (Fsp3) is 0.0417. The number of halogens is 1. The zero-order chi connectivity index (χ0) is 21.8. The van der Waals surface area contributed by atoms with E-state index >= 15 is 0 Å². The Hall–Kier alpha value is -3.71. The van der Waals surface area contributed by atoms with E-state index in [1.807, 2.05) is 18.2 Å². The molecule has 1 fully saturated rings. The van der Waals surface area contributed by atoms with Crippen molar-refractivity contribution < 1.29 is 18.8 Å². The molecule has 0 aromatic heterocycles. The van der Waals surface area contributed by atoms with Crippen molar-refractivity contribution in [1.82, 2.24) is 4.90 Å². The number of nitrogens with one attached hydrogen (secondary N) is 1. The summed E-state index contributed by atoms with van der Waals surface area (Å²) in [6.45, 7) is 0.0123. The molecule has 3 aromatic rings. The van der Waals surface area contributed by atoms with E-state index < -0.39 is 17.0 Å². The average Bonchev–Trinajstić information content (AvgIpc) is 3.02. The molecule has 31 heavy (non-hydrogen) atoms. The van der Waals surface area contributed by atoms with Gasteiger partial charge in [0.2, 0.25) is 0 Å². The molecule has 1 N–H and O–H groups in total. The molecule has 3 amide bonds. The van der Waals surface area contributed by atoms with Crippen LogP contribution in [-0.4, -0.2) is 22.0 Å². The Balaban J connectivity index is 1.45. The monoisotopic (exact) mass is 432 g/mol. The predicted octanol–water partition coefficient (Wildman–Crippen LogP) is 5.31. The van der Waals surface area contributed by atoms with Crippen LogP contribution in [0.4, 0.5) is 14.9 Å². The number of hydrogen-bond donors (Lipinski definition) is 1. The van der Waals surface area contributed by atoms with Crippen molar-refractivity contribution in [3.05, 3.63) is 106 Å². The summed E-state index contributed by atoms with van der Waals surface area (Å²) in [5.41, 5.74) is 2.40. The van der Waals surface area contributed by atoms with Gasteiger partial charge in [0.15, 0.2) is 0 Å². The van der Waals surface area contributed by atoms with E-state index in [0.717, 1.165) is 16.7 Å². The van der Waals surface area contributed by atoms with Gasteiger partial charge in [0.25, 0.3) is 17.1 Å². The second-order valence-electron chi connectivity index (χ2n) is 6.84. The van der Waals surface area contributed by atoms with Crippen LogP contribution in [0.1, 0.15) is 21.5 Å². The van der Waals surface area contributed by atoms with Gasteiger partial charge < -0.3 is 5.32 Å². The maximum Gasteiger partial charge on any atom is 0.293 e. The molecule has 0 atom stereocenters. The van der Waals surface area contributed by atoms with Crippen molar-refractivity contribution in [3.8, 4) is 0 Å². The standard InChI is InChI=1S/C24H17FN2O3S/c25-19-6-4-5-17(13-19)15-27-23(29)21(31-24(27)30)14-16-9-11-18(12-10-16)22(28)26-20-7-2-1-3-8-20/h1-14H,15H2,(H,26,28)/b21-14-. The quantitative estimate of drug-likeness (QED) is 0.555. The van der Waals surface area contributed by atoms with E-state index in [0.29, 0.717) is 22.4 Å². The van der Waals surface area contributed by atoms with Gasteiger partial charge in [-0.15, -0.1) is 0 Å². The average molecular weight is 432 g/mol. The lowest BCUT2D eigenvalue weighted by molar-refractivity contribution is -0.123. The number of amides is 3. The highest BCUT2D eigenvalue weighted by Gasteiger charge is 2.35. The highest BCUT2D eigenvalue weighted by Crippen LogP contribution is 2.33. The molecule has 5 nitrogen and oxygen atoms in total. The summed E-state index contributed by atoms with van der Waals surface area (Å²) in [6.07, 6.45) is 1.61. The molecule has 3 aromatic carbocycles. The molecule has 0 aliphatic carbocycles. The number of carbonyl (C=O) groups is 3. The summed E-state index contributed by atoms with van der Waals surface area (Å²) in [7, 11) is 0. The van der Waals surface area contributed by atoms with Crippen molar-refractivity contribution in [2.75, 3.05) is 5.32 Å². The van der Waals surface area contributed by atoms with Crippen molar-refractivity contribution >= 4 is 40.6 Å². The fourth-order valence-electron chi connectivity index (χ4n) is 3.06. The zero-order valence-electron chi connectivity index (χ0n) is 16.2. The maximum absolute atomic E-state index is 13.4. The number of rotatable bonds is 5. The number of para-hydroxylation sites is 1. The number of imide groups is 1. The first-order chi connectivity index (χ1) is 15.0.